The van der Waals surface area contributed by atoms with Crippen LogP contribution in [0.2, 0.25) is 5.28 Å². The lowest BCUT2D eigenvalue weighted by Gasteiger charge is -2.26. The summed E-state index contributed by atoms with van der Waals surface area (Å²) in [7, 11) is 0. The number of aryl methyl sites for hydroxylation is 1. The molecule has 0 aliphatic carbocycles. The summed E-state index contributed by atoms with van der Waals surface area (Å²) < 4.78 is 10.8. The van der Waals surface area contributed by atoms with Crippen molar-refractivity contribution in [2.24, 2.45) is 0 Å². The molecule has 1 aliphatic rings. The van der Waals surface area contributed by atoms with Crippen molar-refractivity contribution in [3.05, 3.63) is 15.7 Å². The molecule has 0 aromatic carbocycles. The summed E-state index contributed by atoms with van der Waals surface area (Å²) in [5.74, 6) is 0.334. The molecule has 0 saturated carbocycles. The molecule has 3 rings (SSSR count). The molecular formula is C21H29ClN4O4S. The lowest BCUT2D eigenvalue weighted by Crippen LogP contribution is -2.39. The highest BCUT2D eigenvalue weighted by Crippen LogP contribution is 2.37. The molecule has 0 spiro atoms. The number of ether oxygens (including phenoxy) is 2. The SMILES string of the molecule is CCCOC(=O)c1sc2nc(Cl)nc(N3CCCN(C(=O)OC(C)(C)C)CC3)c2c1C. The largest absolute Gasteiger partial charge is 0.462 e. The zero-order valence-electron chi connectivity index (χ0n) is 18.7. The van der Waals surface area contributed by atoms with Gasteiger partial charge in [-0.15, -0.1) is 11.3 Å². The Labute approximate surface area is 191 Å². The number of amides is 1. The first-order valence-electron chi connectivity index (χ1n) is 10.5. The van der Waals surface area contributed by atoms with Gasteiger partial charge in [0.15, 0.2) is 0 Å². The number of esters is 1. The van der Waals surface area contributed by atoms with Gasteiger partial charge in [0.2, 0.25) is 5.28 Å². The summed E-state index contributed by atoms with van der Waals surface area (Å²) in [6.07, 6.45) is 1.21. The van der Waals surface area contributed by atoms with Crippen LogP contribution in [0.3, 0.4) is 0 Å². The van der Waals surface area contributed by atoms with E-state index in [0.29, 0.717) is 48.3 Å². The molecule has 0 radical (unpaired) electrons. The van der Waals surface area contributed by atoms with E-state index < -0.39 is 5.60 Å². The Bertz CT molecular complexity index is 972. The maximum atomic E-state index is 12.5. The monoisotopic (exact) mass is 468 g/mol. The van der Waals surface area contributed by atoms with Crippen molar-refractivity contribution < 1.29 is 19.1 Å². The first-order valence-corrected chi connectivity index (χ1v) is 11.7. The number of fused-ring (bicyclic) bond motifs is 1. The van der Waals surface area contributed by atoms with E-state index in [0.717, 1.165) is 23.8 Å². The van der Waals surface area contributed by atoms with Crippen molar-refractivity contribution in [2.75, 3.05) is 37.7 Å². The van der Waals surface area contributed by atoms with Crippen LogP contribution in [0, 0.1) is 6.92 Å². The second kappa shape index (κ2) is 9.56. The number of carbonyl (C=O) groups is 2. The maximum absolute atomic E-state index is 12.5. The average molecular weight is 469 g/mol. The molecule has 10 heteroatoms. The van der Waals surface area contributed by atoms with Crippen LogP contribution in [0.15, 0.2) is 0 Å². The molecule has 3 heterocycles. The van der Waals surface area contributed by atoms with Gasteiger partial charge in [-0.25, -0.2) is 14.6 Å². The summed E-state index contributed by atoms with van der Waals surface area (Å²) in [5.41, 5.74) is 0.257. The lowest BCUT2D eigenvalue weighted by atomic mass is 10.2. The Morgan fingerprint density at radius 1 is 1.16 bits per heavy atom. The highest BCUT2D eigenvalue weighted by Gasteiger charge is 2.28. The van der Waals surface area contributed by atoms with Crippen LogP contribution in [-0.4, -0.2) is 65.3 Å². The molecule has 2 aromatic heterocycles. The van der Waals surface area contributed by atoms with Gasteiger partial charge in [-0.1, -0.05) is 6.92 Å². The minimum absolute atomic E-state index is 0.130. The second-order valence-electron chi connectivity index (χ2n) is 8.50. The molecule has 1 saturated heterocycles. The summed E-state index contributed by atoms with van der Waals surface area (Å²) in [4.78, 5) is 38.8. The first kappa shape index (κ1) is 23.5. The van der Waals surface area contributed by atoms with Crippen LogP contribution in [0.25, 0.3) is 10.2 Å². The number of hydrogen-bond donors (Lipinski definition) is 0. The topological polar surface area (TPSA) is 84.9 Å². The average Bonchev–Trinajstić information content (AvgIpc) is 2.87. The minimum atomic E-state index is -0.536. The summed E-state index contributed by atoms with van der Waals surface area (Å²) in [6.45, 7) is 12.2. The van der Waals surface area contributed by atoms with Crippen LogP contribution in [0.4, 0.5) is 10.6 Å². The fourth-order valence-electron chi connectivity index (χ4n) is 3.41. The fourth-order valence-corrected chi connectivity index (χ4v) is 4.70. The van der Waals surface area contributed by atoms with Gasteiger partial charge in [-0.05, 0) is 57.7 Å². The smallest absolute Gasteiger partial charge is 0.410 e. The lowest BCUT2D eigenvalue weighted by molar-refractivity contribution is 0.0263. The molecule has 0 unspecified atom stereocenters. The number of carbonyl (C=O) groups excluding carboxylic acids is 2. The number of thiophene rings is 1. The first-order chi connectivity index (χ1) is 14.6. The number of nitrogens with zero attached hydrogens (tertiary/aromatic N) is 4. The third-order valence-electron chi connectivity index (χ3n) is 4.81. The number of aromatic nitrogens is 2. The number of hydrogen-bond acceptors (Lipinski definition) is 8. The highest BCUT2D eigenvalue weighted by atomic mass is 35.5. The molecule has 2 aromatic rings. The number of rotatable bonds is 4. The van der Waals surface area contributed by atoms with Crippen molar-refractivity contribution in [1.29, 1.82) is 0 Å². The van der Waals surface area contributed by atoms with Gasteiger partial charge in [0.05, 0.1) is 12.0 Å². The quantitative estimate of drug-likeness (QED) is 0.476. The van der Waals surface area contributed by atoms with Gasteiger partial charge in [0, 0.05) is 26.2 Å². The van der Waals surface area contributed by atoms with Gasteiger partial charge < -0.3 is 19.3 Å². The van der Waals surface area contributed by atoms with Gasteiger partial charge in [0.25, 0.3) is 0 Å². The van der Waals surface area contributed by atoms with Crippen LogP contribution < -0.4 is 4.90 Å². The van der Waals surface area contributed by atoms with Crippen molar-refractivity contribution >= 4 is 51.0 Å². The molecule has 0 bridgehead atoms. The van der Waals surface area contributed by atoms with Crippen LogP contribution in [-0.2, 0) is 9.47 Å². The fraction of sp³-hybridized carbons (Fsp3) is 0.619. The standard InChI is InChI=1S/C21H29ClN4O4S/c1-6-12-29-18(27)15-13(2)14-16(23-19(22)24-17(14)31-15)25-8-7-9-26(11-10-25)20(28)30-21(3,4)5/h6-12H2,1-5H3. The molecule has 0 N–H and O–H groups in total. The summed E-state index contributed by atoms with van der Waals surface area (Å²) in [5, 5.41) is 0.939. The van der Waals surface area contributed by atoms with E-state index in [1.807, 2.05) is 34.6 Å². The molecule has 1 fully saturated rings. The van der Waals surface area contributed by atoms with E-state index >= 15 is 0 Å². The third kappa shape index (κ3) is 5.57. The predicted molar refractivity (Wildman–Crippen MR) is 122 cm³/mol. The van der Waals surface area contributed by atoms with E-state index in [2.05, 4.69) is 14.9 Å². The molecular weight excluding hydrogens is 440 g/mol. The second-order valence-corrected chi connectivity index (χ2v) is 9.83. The minimum Gasteiger partial charge on any atom is -0.462 e. The maximum Gasteiger partial charge on any atom is 0.410 e. The van der Waals surface area contributed by atoms with Crippen molar-refractivity contribution in [2.45, 2.75) is 53.1 Å². The van der Waals surface area contributed by atoms with E-state index in [-0.39, 0.29) is 17.3 Å². The molecule has 1 aliphatic heterocycles. The highest BCUT2D eigenvalue weighted by molar-refractivity contribution is 7.20. The molecule has 0 atom stereocenters. The zero-order chi connectivity index (χ0) is 22.8. The molecule has 31 heavy (non-hydrogen) atoms. The third-order valence-corrected chi connectivity index (χ3v) is 6.15. The molecule has 8 nitrogen and oxygen atoms in total. The van der Waals surface area contributed by atoms with E-state index in [4.69, 9.17) is 21.1 Å². The summed E-state index contributed by atoms with van der Waals surface area (Å²) in [6, 6.07) is 0. The van der Waals surface area contributed by atoms with E-state index in [1.54, 1.807) is 4.90 Å². The van der Waals surface area contributed by atoms with Crippen molar-refractivity contribution in [3.8, 4) is 0 Å². The van der Waals surface area contributed by atoms with Gasteiger partial charge in [0.1, 0.15) is 21.1 Å². The van der Waals surface area contributed by atoms with Gasteiger partial charge >= 0.3 is 12.1 Å². The van der Waals surface area contributed by atoms with Crippen LogP contribution in [0.1, 0.15) is 55.8 Å². The number of halogens is 1. The Kier molecular flexibility index (Phi) is 7.26. The van der Waals surface area contributed by atoms with Crippen molar-refractivity contribution in [3.63, 3.8) is 0 Å². The van der Waals surface area contributed by atoms with Gasteiger partial charge in [-0.3, -0.25) is 0 Å². The number of anilines is 1. The predicted octanol–water partition coefficient (Wildman–Crippen LogP) is 4.67. The van der Waals surface area contributed by atoms with Crippen molar-refractivity contribution in [1.82, 2.24) is 14.9 Å². The van der Waals surface area contributed by atoms with Crippen LogP contribution in [0.5, 0.6) is 0 Å². The Morgan fingerprint density at radius 2 is 1.90 bits per heavy atom. The normalized spacial score (nSPS) is 15.2. The molecule has 1 amide bonds. The Balaban J connectivity index is 1.87. The van der Waals surface area contributed by atoms with E-state index in [1.165, 1.54) is 11.3 Å². The Hall–Kier alpha value is -2.13. The molecule has 170 valence electrons. The van der Waals surface area contributed by atoms with E-state index in [9.17, 15) is 9.59 Å². The zero-order valence-corrected chi connectivity index (χ0v) is 20.2. The summed E-state index contributed by atoms with van der Waals surface area (Å²) >= 11 is 7.49. The van der Waals surface area contributed by atoms with Gasteiger partial charge in [-0.2, -0.15) is 4.98 Å². The van der Waals surface area contributed by atoms with Crippen LogP contribution >= 0.6 is 22.9 Å². The Morgan fingerprint density at radius 3 is 2.58 bits per heavy atom.